The average Bonchev–Trinajstić information content (AvgIpc) is 3.14. The van der Waals surface area contributed by atoms with Crippen molar-refractivity contribution in [2.45, 2.75) is 59.5 Å². The molecular formula is C20H25N5O2. The third-order valence-electron chi connectivity index (χ3n) is 5.03. The van der Waals surface area contributed by atoms with Gasteiger partial charge < -0.3 is 14.4 Å². The van der Waals surface area contributed by atoms with E-state index in [1.165, 1.54) is 0 Å². The van der Waals surface area contributed by atoms with Crippen molar-refractivity contribution in [1.82, 2.24) is 25.0 Å². The van der Waals surface area contributed by atoms with Crippen molar-refractivity contribution in [2.24, 2.45) is 5.92 Å². The summed E-state index contributed by atoms with van der Waals surface area (Å²) >= 11 is 0. The topological polar surface area (TPSA) is 85.8 Å². The smallest absolute Gasteiger partial charge is 0.220 e. The molecule has 0 aliphatic carbocycles. The molecule has 1 fully saturated rings. The Kier molecular flexibility index (Phi) is 4.45. The van der Waals surface area contributed by atoms with E-state index in [1.807, 2.05) is 26.1 Å². The van der Waals surface area contributed by atoms with Gasteiger partial charge in [0.25, 0.3) is 0 Å². The lowest BCUT2D eigenvalue weighted by Gasteiger charge is -2.24. The van der Waals surface area contributed by atoms with Crippen LogP contribution in [0.1, 0.15) is 56.4 Å². The van der Waals surface area contributed by atoms with E-state index in [4.69, 9.17) is 14.5 Å². The zero-order valence-electron chi connectivity index (χ0n) is 16.2. The highest BCUT2D eigenvalue weighted by molar-refractivity contribution is 5.81. The fourth-order valence-corrected chi connectivity index (χ4v) is 3.87. The molecule has 1 aliphatic heterocycles. The van der Waals surface area contributed by atoms with E-state index in [0.29, 0.717) is 12.3 Å². The van der Waals surface area contributed by atoms with Gasteiger partial charge in [-0.1, -0.05) is 19.0 Å². The van der Waals surface area contributed by atoms with Gasteiger partial charge in [0.15, 0.2) is 5.65 Å². The second kappa shape index (κ2) is 6.79. The van der Waals surface area contributed by atoms with Crippen LogP contribution in [0.4, 0.5) is 0 Å². The number of aryl methyl sites for hydroxylation is 2. The summed E-state index contributed by atoms with van der Waals surface area (Å²) in [5.74, 6) is 2.22. The second-order valence-electron chi connectivity index (χ2n) is 7.75. The van der Waals surface area contributed by atoms with Crippen LogP contribution in [0.2, 0.25) is 0 Å². The van der Waals surface area contributed by atoms with Crippen molar-refractivity contribution in [1.29, 1.82) is 0 Å². The van der Waals surface area contributed by atoms with Gasteiger partial charge >= 0.3 is 0 Å². The number of amides is 1. The van der Waals surface area contributed by atoms with E-state index in [1.54, 1.807) is 0 Å². The van der Waals surface area contributed by atoms with Crippen LogP contribution in [0.15, 0.2) is 16.8 Å². The Bertz CT molecular complexity index is 982. The van der Waals surface area contributed by atoms with Crippen molar-refractivity contribution in [3.63, 3.8) is 0 Å². The number of hydrogen-bond donors (Lipinski definition) is 1. The fourth-order valence-electron chi connectivity index (χ4n) is 3.87. The van der Waals surface area contributed by atoms with Crippen LogP contribution in [0.3, 0.4) is 0 Å². The first-order chi connectivity index (χ1) is 12.9. The molecular weight excluding hydrogens is 342 g/mol. The van der Waals surface area contributed by atoms with E-state index in [0.717, 1.165) is 59.0 Å². The summed E-state index contributed by atoms with van der Waals surface area (Å²) in [4.78, 5) is 21.5. The van der Waals surface area contributed by atoms with Crippen molar-refractivity contribution in [2.75, 3.05) is 0 Å². The van der Waals surface area contributed by atoms with Gasteiger partial charge in [0, 0.05) is 30.3 Å². The van der Waals surface area contributed by atoms with E-state index < -0.39 is 0 Å². The SMILES string of the molecule is Cc1noc(C)c1-c1cnc2c(c1)nc(C1CCCC(=O)N1)n2CC(C)C. The third-order valence-corrected chi connectivity index (χ3v) is 5.03. The standard InChI is InChI=1S/C20H25N5O2/c1-11(2)10-25-19-16(23-20(25)15-6-5-7-17(26)22-15)8-14(9-21-19)18-12(3)24-27-13(18)4/h8-9,11,15H,5-7,10H2,1-4H3,(H,22,26). The molecule has 1 amide bonds. The summed E-state index contributed by atoms with van der Waals surface area (Å²) in [5.41, 5.74) is 4.45. The number of carbonyl (C=O) groups excluding carboxylic acids is 1. The molecule has 1 aliphatic rings. The van der Waals surface area contributed by atoms with Crippen molar-refractivity contribution >= 4 is 17.1 Å². The molecule has 142 valence electrons. The number of pyridine rings is 1. The van der Waals surface area contributed by atoms with Crippen LogP contribution in [0.25, 0.3) is 22.3 Å². The van der Waals surface area contributed by atoms with Crippen LogP contribution in [-0.2, 0) is 11.3 Å². The van der Waals surface area contributed by atoms with E-state index in [9.17, 15) is 4.79 Å². The molecule has 7 nitrogen and oxygen atoms in total. The van der Waals surface area contributed by atoms with Crippen LogP contribution in [-0.4, -0.2) is 25.6 Å². The summed E-state index contributed by atoms with van der Waals surface area (Å²) in [6, 6.07) is 1.99. The van der Waals surface area contributed by atoms with Crippen molar-refractivity contribution < 1.29 is 9.32 Å². The highest BCUT2D eigenvalue weighted by Crippen LogP contribution is 2.31. The summed E-state index contributed by atoms with van der Waals surface area (Å²) in [7, 11) is 0. The van der Waals surface area contributed by atoms with Crippen LogP contribution >= 0.6 is 0 Å². The van der Waals surface area contributed by atoms with Crippen LogP contribution < -0.4 is 5.32 Å². The largest absolute Gasteiger partial charge is 0.361 e. The molecule has 0 saturated carbocycles. The average molecular weight is 367 g/mol. The normalized spacial score (nSPS) is 17.7. The van der Waals surface area contributed by atoms with Gasteiger partial charge in [0.1, 0.15) is 17.1 Å². The lowest BCUT2D eigenvalue weighted by molar-refractivity contribution is -0.123. The fraction of sp³-hybridized carbons (Fsp3) is 0.500. The number of nitrogens with one attached hydrogen (secondary N) is 1. The molecule has 1 N–H and O–H groups in total. The molecule has 1 atom stereocenters. The number of fused-ring (bicyclic) bond motifs is 1. The van der Waals surface area contributed by atoms with E-state index in [-0.39, 0.29) is 11.9 Å². The predicted molar refractivity (Wildman–Crippen MR) is 102 cm³/mol. The first-order valence-electron chi connectivity index (χ1n) is 9.53. The maximum Gasteiger partial charge on any atom is 0.220 e. The van der Waals surface area contributed by atoms with Crippen LogP contribution in [0.5, 0.6) is 0 Å². The van der Waals surface area contributed by atoms with Crippen LogP contribution in [0, 0.1) is 19.8 Å². The maximum absolute atomic E-state index is 11.9. The zero-order valence-corrected chi connectivity index (χ0v) is 16.2. The summed E-state index contributed by atoms with van der Waals surface area (Å²) < 4.78 is 7.46. The second-order valence-corrected chi connectivity index (χ2v) is 7.75. The Hall–Kier alpha value is -2.70. The van der Waals surface area contributed by atoms with E-state index >= 15 is 0 Å². The predicted octanol–water partition coefficient (Wildman–Crippen LogP) is 3.70. The van der Waals surface area contributed by atoms with Gasteiger partial charge in [0.2, 0.25) is 5.91 Å². The molecule has 3 aromatic rings. The molecule has 7 heteroatoms. The van der Waals surface area contributed by atoms with Gasteiger partial charge in [0.05, 0.1) is 11.7 Å². The molecule has 1 saturated heterocycles. The number of carbonyl (C=O) groups is 1. The molecule has 4 rings (SSSR count). The van der Waals surface area contributed by atoms with Gasteiger partial charge in [-0.2, -0.15) is 0 Å². The Morgan fingerprint density at radius 1 is 1.37 bits per heavy atom. The van der Waals surface area contributed by atoms with Crippen molar-refractivity contribution in [3.8, 4) is 11.1 Å². The summed E-state index contributed by atoms with van der Waals surface area (Å²) in [6.07, 6.45) is 4.25. The monoisotopic (exact) mass is 367 g/mol. The Morgan fingerprint density at radius 3 is 2.85 bits per heavy atom. The first kappa shape index (κ1) is 17.7. The lowest BCUT2D eigenvalue weighted by atomic mass is 10.0. The summed E-state index contributed by atoms with van der Waals surface area (Å²) in [6.45, 7) is 8.99. The lowest BCUT2D eigenvalue weighted by Crippen LogP contribution is -2.34. The Balaban J connectivity index is 1.83. The Labute approximate surface area is 158 Å². The molecule has 0 aromatic carbocycles. The van der Waals surface area contributed by atoms with Gasteiger partial charge in [-0.3, -0.25) is 4.79 Å². The number of piperidine rings is 1. The first-order valence-corrected chi connectivity index (χ1v) is 9.53. The number of rotatable bonds is 4. The molecule has 4 heterocycles. The molecule has 0 spiro atoms. The number of aromatic nitrogens is 4. The van der Waals surface area contributed by atoms with Crippen molar-refractivity contribution in [3.05, 3.63) is 29.5 Å². The quantitative estimate of drug-likeness (QED) is 0.760. The number of hydrogen-bond acceptors (Lipinski definition) is 5. The highest BCUT2D eigenvalue weighted by Gasteiger charge is 2.26. The minimum Gasteiger partial charge on any atom is -0.361 e. The Morgan fingerprint density at radius 2 is 2.19 bits per heavy atom. The molecule has 27 heavy (non-hydrogen) atoms. The number of nitrogens with zero attached hydrogens (tertiary/aromatic N) is 4. The van der Waals surface area contributed by atoms with Gasteiger partial charge in [-0.25, -0.2) is 9.97 Å². The number of imidazole rings is 1. The van der Waals surface area contributed by atoms with E-state index in [2.05, 4.69) is 28.9 Å². The minimum atomic E-state index is -0.0540. The molecule has 0 bridgehead atoms. The van der Waals surface area contributed by atoms with Gasteiger partial charge in [-0.05, 0) is 38.7 Å². The summed E-state index contributed by atoms with van der Waals surface area (Å²) in [5, 5.41) is 7.13. The third kappa shape index (κ3) is 3.22. The highest BCUT2D eigenvalue weighted by atomic mass is 16.5. The molecule has 1 unspecified atom stereocenters. The molecule has 3 aromatic heterocycles. The molecule has 0 radical (unpaired) electrons. The minimum absolute atomic E-state index is 0.0540. The zero-order chi connectivity index (χ0) is 19.1. The maximum atomic E-state index is 11.9. The van der Waals surface area contributed by atoms with Gasteiger partial charge in [-0.15, -0.1) is 0 Å².